The molecule has 2 N–H and O–H groups in total. The van der Waals surface area contributed by atoms with E-state index in [1.807, 2.05) is 24.3 Å². The van der Waals surface area contributed by atoms with Crippen molar-refractivity contribution in [2.45, 2.75) is 17.9 Å². The van der Waals surface area contributed by atoms with E-state index in [0.29, 0.717) is 10.7 Å². The lowest BCUT2D eigenvalue weighted by Gasteiger charge is -2.11. The van der Waals surface area contributed by atoms with Crippen molar-refractivity contribution in [2.24, 2.45) is 0 Å². The average Bonchev–Trinajstić information content (AvgIpc) is 3.05. The van der Waals surface area contributed by atoms with E-state index in [1.165, 1.54) is 17.8 Å². The number of nitrogens with one attached hydrogen (secondary N) is 2. The first-order chi connectivity index (χ1) is 12.0. The third-order valence-corrected chi connectivity index (χ3v) is 4.59. The van der Waals surface area contributed by atoms with Crippen molar-refractivity contribution < 1.29 is 9.72 Å². The van der Waals surface area contributed by atoms with Crippen LogP contribution in [0.25, 0.3) is 11.0 Å². The number of amides is 1. The van der Waals surface area contributed by atoms with E-state index < -0.39 is 4.92 Å². The number of nitro groups is 1. The summed E-state index contributed by atoms with van der Waals surface area (Å²) < 4.78 is 0. The molecule has 0 saturated carbocycles. The van der Waals surface area contributed by atoms with Crippen LogP contribution in [0.4, 0.5) is 5.69 Å². The summed E-state index contributed by atoms with van der Waals surface area (Å²) in [6.07, 6.45) is 1.76. The number of hydrogen-bond acceptors (Lipinski definition) is 5. The molecule has 3 aromatic rings. The Morgan fingerprint density at radius 1 is 1.32 bits per heavy atom. The summed E-state index contributed by atoms with van der Waals surface area (Å²) in [5, 5.41) is 14.0. The maximum Gasteiger partial charge on any atom is 0.283 e. The molecule has 1 amide bonds. The van der Waals surface area contributed by atoms with E-state index in [4.69, 9.17) is 0 Å². The highest BCUT2D eigenvalue weighted by Crippen LogP contribution is 2.28. The van der Waals surface area contributed by atoms with Gasteiger partial charge < -0.3 is 10.3 Å². The molecule has 1 atom stereocenters. The zero-order valence-electron chi connectivity index (χ0n) is 13.6. The van der Waals surface area contributed by atoms with E-state index in [9.17, 15) is 14.9 Å². The lowest BCUT2D eigenvalue weighted by Crippen LogP contribution is -2.27. The minimum Gasteiger partial charge on any atom is -0.342 e. The van der Waals surface area contributed by atoms with Gasteiger partial charge in [-0.05, 0) is 37.4 Å². The minimum atomic E-state index is -0.481. The monoisotopic (exact) mass is 356 g/mol. The summed E-state index contributed by atoms with van der Waals surface area (Å²) in [4.78, 5) is 31.2. The normalized spacial score (nSPS) is 12.1. The number of benzene rings is 2. The first kappa shape index (κ1) is 17.0. The molecule has 128 valence electrons. The van der Waals surface area contributed by atoms with E-state index in [-0.39, 0.29) is 23.2 Å². The lowest BCUT2D eigenvalue weighted by atomic mass is 10.1. The predicted octanol–water partition coefficient (Wildman–Crippen LogP) is 3.68. The van der Waals surface area contributed by atoms with Gasteiger partial charge in [-0.1, -0.05) is 12.1 Å². The van der Waals surface area contributed by atoms with E-state index >= 15 is 0 Å². The molecule has 2 aromatic carbocycles. The molecule has 0 fully saturated rings. The molecule has 0 aliphatic heterocycles. The van der Waals surface area contributed by atoms with Gasteiger partial charge in [-0.2, -0.15) is 0 Å². The smallest absolute Gasteiger partial charge is 0.283 e. The topological polar surface area (TPSA) is 101 Å². The number of para-hydroxylation sites is 2. The van der Waals surface area contributed by atoms with Gasteiger partial charge in [0, 0.05) is 11.6 Å². The van der Waals surface area contributed by atoms with Crippen LogP contribution >= 0.6 is 11.8 Å². The number of carbonyl (C=O) groups is 1. The number of imidazole rings is 1. The Balaban J connectivity index is 1.81. The fourth-order valence-corrected chi connectivity index (χ4v) is 3.05. The van der Waals surface area contributed by atoms with Gasteiger partial charge in [-0.3, -0.25) is 14.9 Å². The number of H-pyrrole nitrogens is 1. The fourth-order valence-electron chi connectivity index (χ4n) is 2.50. The summed E-state index contributed by atoms with van der Waals surface area (Å²) >= 11 is 1.27. The van der Waals surface area contributed by atoms with Crippen LogP contribution in [0.5, 0.6) is 0 Å². The van der Waals surface area contributed by atoms with Crippen LogP contribution in [0, 0.1) is 10.1 Å². The van der Waals surface area contributed by atoms with Gasteiger partial charge in [0.05, 0.1) is 26.9 Å². The number of aromatic amines is 1. The van der Waals surface area contributed by atoms with Crippen LogP contribution < -0.4 is 5.32 Å². The highest BCUT2D eigenvalue weighted by atomic mass is 32.2. The van der Waals surface area contributed by atoms with Crippen LogP contribution in [0.1, 0.15) is 29.1 Å². The molecule has 0 radical (unpaired) electrons. The Hall–Kier alpha value is -2.87. The third-order valence-electron chi connectivity index (χ3n) is 3.80. The van der Waals surface area contributed by atoms with Crippen molar-refractivity contribution in [1.29, 1.82) is 0 Å². The van der Waals surface area contributed by atoms with Crippen molar-refractivity contribution in [3.05, 3.63) is 64.0 Å². The van der Waals surface area contributed by atoms with Gasteiger partial charge in [0.15, 0.2) is 0 Å². The number of aromatic nitrogens is 2. The summed E-state index contributed by atoms with van der Waals surface area (Å²) in [5.74, 6) is 0.244. The van der Waals surface area contributed by atoms with Crippen LogP contribution in [-0.2, 0) is 0 Å². The number of fused-ring (bicyclic) bond motifs is 1. The number of thioether (sulfide) groups is 1. The van der Waals surface area contributed by atoms with Gasteiger partial charge in [-0.15, -0.1) is 11.8 Å². The maximum atomic E-state index is 12.4. The van der Waals surface area contributed by atoms with Gasteiger partial charge in [0.25, 0.3) is 11.6 Å². The standard InChI is InChI=1S/C17H16N4O3S/c1-10(16-19-12-5-3-4-6-13(12)20-16)18-17(22)11-7-8-15(25-2)14(9-11)21(23)24/h3-10H,1-2H3,(H,18,22)(H,19,20)/t10-/m1/s1. The molecular formula is C17H16N4O3S. The van der Waals surface area contributed by atoms with Gasteiger partial charge >= 0.3 is 0 Å². The number of carbonyl (C=O) groups excluding carboxylic acids is 1. The third kappa shape index (κ3) is 3.48. The molecule has 3 rings (SSSR count). The van der Waals surface area contributed by atoms with Crippen molar-refractivity contribution in [3.8, 4) is 0 Å². The van der Waals surface area contributed by atoms with E-state index in [1.54, 1.807) is 25.3 Å². The highest BCUT2D eigenvalue weighted by Gasteiger charge is 2.19. The molecular weight excluding hydrogens is 340 g/mol. The highest BCUT2D eigenvalue weighted by molar-refractivity contribution is 7.98. The number of nitrogens with zero attached hydrogens (tertiary/aromatic N) is 2. The van der Waals surface area contributed by atoms with Crippen molar-refractivity contribution in [2.75, 3.05) is 6.26 Å². The Morgan fingerprint density at radius 2 is 2.08 bits per heavy atom. The Morgan fingerprint density at radius 3 is 2.76 bits per heavy atom. The summed E-state index contributed by atoms with van der Waals surface area (Å²) in [7, 11) is 0. The van der Waals surface area contributed by atoms with Crippen LogP contribution in [-0.4, -0.2) is 27.1 Å². The molecule has 8 heteroatoms. The van der Waals surface area contributed by atoms with Crippen molar-refractivity contribution in [1.82, 2.24) is 15.3 Å². The lowest BCUT2D eigenvalue weighted by molar-refractivity contribution is -0.387. The van der Waals surface area contributed by atoms with Crippen molar-refractivity contribution >= 4 is 34.4 Å². The largest absolute Gasteiger partial charge is 0.342 e. The second-order valence-corrected chi connectivity index (χ2v) is 6.33. The average molecular weight is 356 g/mol. The molecule has 7 nitrogen and oxygen atoms in total. The Labute approximate surface area is 148 Å². The summed E-state index contributed by atoms with van der Waals surface area (Å²) in [6, 6.07) is 11.7. The van der Waals surface area contributed by atoms with Gasteiger partial charge in [0.2, 0.25) is 0 Å². The van der Waals surface area contributed by atoms with E-state index in [0.717, 1.165) is 11.0 Å². The van der Waals surface area contributed by atoms with Crippen LogP contribution in [0.2, 0.25) is 0 Å². The molecule has 0 spiro atoms. The number of hydrogen-bond donors (Lipinski definition) is 2. The molecule has 0 aliphatic carbocycles. The fraction of sp³-hybridized carbons (Fsp3) is 0.176. The summed E-state index contributed by atoms with van der Waals surface area (Å²) in [5.41, 5.74) is 1.88. The molecule has 0 saturated heterocycles. The summed E-state index contributed by atoms with van der Waals surface area (Å²) in [6.45, 7) is 1.81. The SMILES string of the molecule is CSc1ccc(C(=O)N[C@H](C)c2nc3ccccc3[nH]2)cc1[N+](=O)[O-]. The predicted molar refractivity (Wildman–Crippen MR) is 96.9 cm³/mol. The molecule has 0 unspecified atom stereocenters. The Bertz CT molecular complexity index is 921. The van der Waals surface area contributed by atoms with Crippen LogP contribution in [0.3, 0.4) is 0 Å². The first-order valence-corrected chi connectivity index (χ1v) is 8.80. The first-order valence-electron chi connectivity index (χ1n) is 7.57. The molecule has 25 heavy (non-hydrogen) atoms. The van der Waals surface area contributed by atoms with E-state index in [2.05, 4.69) is 15.3 Å². The maximum absolute atomic E-state index is 12.4. The second kappa shape index (κ2) is 6.94. The zero-order valence-corrected chi connectivity index (χ0v) is 14.5. The quantitative estimate of drug-likeness (QED) is 0.412. The minimum absolute atomic E-state index is 0.0726. The van der Waals surface area contributed by atoms with Gasteiger partial charge in [0.1, 0.15) is 5.82 Å². The van der Waals surface area contributed by atoms with Crippen molar-refractivity contribution in [3.63, 3.8) is 0 Å². The Kier molecular flexibility index (Phi) is 4.71. The molecule has 1 aromatic heterocycles. The van der Waals surface area contributed by atoms with Crippen LogP contribution in [0.15, 0.2) is 47.4 Å². The molecule has 0 aliphatic rings. The number of nitro benzene ring substituents is 1. The molecule has 1 heterocycles. The molecule has 0 bridgehead atoms. The second-order valence-electron chi connectivity index (χ2n) is 5.48. The number of rotatable bonds is 5. The zero-order chi connectivity index (χ0) is 18.0. The van der Waals surface area contributed by atoms with Gasteiger partial charge in [-0.25, -0.2) is 4.98 Å².